The Morgan fingerprint density at radius 1 is 0.872 bits per heavy atom. The number of carbonyl (C=O) groups is 1. The summed E-state index contributed by atoms with van der Waals surface area (Å²) in [5.74, 6) is 0.547. The van der Waals surface area contributed by atoms with Gasteiger partial charge in [-0.05, 0) is 76.5 Å². The van der Waals surface area contributed by atoms with Gasteiger partial charge in [-0.1, -0.05) is 57.3 Å². The van der Waals surface area contributed by atoms with E-state index >= 15 is 0 Å². The number of benzene rings is 3. The van der Waals surface area contributed by atoms with Gasteiger partial charge < -0.3 is 14.5 Å². The van der Waals surface area contributed by atoms with E-state index in [0.29, 0.717) is 0 Å². The number of allylic oxidation sites excluding steroid dienone is 2. The third-order valence-electron chi connectivity index (χ3n) is 7.99. The average molecular weight is 696 g/mol. The second-order valence-corrected chi connectivity index (χ2v) is 10.0. The van der Waals surface area contributed by atoms with E-state index in [9.17, 15) is 9.90 Å². The van der Waals surface area contributed by atoms with Gasteiger partial charge in [-0.3, -0.25) is 4.79 Å². The predicted octanol–water partition coefficient (Wildman–Crippen LogP) is 9.05. The number of fused-ring (bicyclic) bond motifs is 6. The average Bonchev–Trinajstić information content (AvgIpc) is 3.45. The number of carbonyl (C=O) groups excluding carboxylic acids is 1. The zero-order valence-corrected chi connectivity index (χ0v) is 25.4. The molecule has 203 valence electrons. The molecule has 1 N–H and O–H groups in total. The minimum atomic E-state index is 0. The van der Waals surface area contributed by atoms with Crippen LogP contribution in [0, 0.1) is 17.9 Å². The van der Waals surface area contributed by atoms with Crippen LogP contribution in [0.2, 0.25) is 0 Å². The van der Waals surface area contributed by atoms with Gasteiger partial charge in [-0.15, -0.1) is 23.6 Å². The van der Waals surface area contributed by atoms with E-state index in [4.69, 9.17) is 0 Å². The van der Waals surface area contributed by atoms with Crippen LogP contribution < -0.4 is 0 Å². The number of nitrogens with zero attached hydrogens (tertiary/aromatic N) is 2. The van der Waals surface area contributed by atoms with Crippen LogP contribution >= 0.6 is 0 Å². The molecule has 0 fully saturated rings. The van der Waals surface area contributed by atoms with Crippen LogP contribution in [0.25, 0.3) is 48.9 Å². The van der Waals surface area contributed by atoms with Crippen LogP contribution in [0.1, 0.15) is 53.4 Å². The minimum Gasteiger partial charge on any atom is -0.512 e. The van der Waals surface area contributed by atoms with Gasteiger partial charge in [-0.25, -0.2) is 0 Å². The number of pyridine rings is 2. The predicted molar refractivity (Wildman–Crippen MR) is 159 cm³/mol. The molecule has 0 saturated carbocycles. The van der Waals surface area contributed by atoms with Crippen molar-refractivity contribution < 1.29 is 30.0 Å². The molecular weight excluding hydrogens is 661 g/mol. The van der Waals surface area contributed by atoms with Crippen molar-refractivity contribution in [3.05, 3.63) is 84.9 Å². The van der Waals surface area contributed by atoms with Crippen LogP contribution in [0.3, 0.4) is 0 Å². The Morgan fingerprint density at radius 2 is 1.56 bits per heavy atom. The first-order valence-electron chi connectivity index (χ1n) is 13.8. The van der Waals surface area contributed by atoms with Crippen molar-refractivity contribution in [2.24, 2.45) is 11.8 Å². The van der Waals surface area contributed by atoms with Gasteiger partial charge in [0.05, 0.1) is 11.3 Å². The summed E-state index contributed by atoms with van der Waals surface area (Å²) in [7, 11) is 0. The molecule has 1 radical (unpaired) electrons. The van der Waals surface area contributed by atoms with Gasteiger partial charge in [0.2, 0.25) is 0 Å². The number of aliphatic hydroxyl groups excluding tert-OH is 1. The number of hydrogen-bond acceptors (Lipinski definition) is 3. The maximum Gasteiger partial charge on any atom is 0.162 e. The van der Waals surface area contributed by atoms with E-state index < -0.39 is 0 Å². The Kier molecular flexibility index (Phi) is 9.04. The second-order valence-electron chi connectivity index (χ2n) is 10.0. The van der Waals surface area contributed by atoms with E-state index in [0.717, 1.165) is 36.6 Å². The third-order valence-corrected chi connectivity index (χ3v) is 7.99. The number of aromatic nitrogens is 2. The molecule has 3 aromatic carbocycles. The van der Waals surface area contributed by atoms with Crippen molar-refractivity contribution in [1.82, 2.24) is 9.38 Å². The molecule has 0 saturated heterocycles. The van der Waals surface area contributed by atoms with E-state index in [1.54, 1.807) is 0 Å². The summed E-state index contributed by atoms with van der Waals surface area (Å²) in [6.45, 7) is 8.07. The van der Waals surface area contributed by atoms with Gasteiger partial charge in [-0.2, -0.15) is 0 Å². The molecular formula is C34H35IrN2O2-. The van der Waals surface area contributed by atoms with Crippen LogP contribution in [-0.4, -0.2) is 20.3 Å². The Hall–Kier alpha value is -3.27. The van der Waals surface area contributed by atoms with Crippen molar-refractivity contribution in [2.45, 2.75) is 53.4 Å². The summed E-state index contributed by atoms with van der Waals surface area (Å²) >= 11 is 0. The molecule has 0 amide bonds. The topological polar surface area (TPSA) is 54.6 Å². The van der Waals surface area contributed by atoms with Crippen LogP contribution in [0.15, 0.2) is 78.8 Å². The van der Waals surface area contributed by atoms with Gasteiger partial charge in [0.1, 0.15) is 0 Å². The number of aliphatic hydroxyl groups is 1. The van der Waals surface area contributed by atoms with Gasteiger partial charge >= 0.3 is 0 Å². The molecule has 39 heavy (non-hydrogen) atoms. The summed E-state index contributed by atoms with van der Waals surface area (Å²) in [6, 6.07) is 22.6. The van der Waals surface area contributed by atoms with Crippen molar-refractivity contribution in [2.75, 3.05) is 0 Å². The quantitative estimate of drug-likeness (QED) is 0.0597. The zero-order chi connectivity index (χ0) is 26.8. The van der Waals surface area contributed by atoms with Gasteiger partial charge in [0.15, 0.2) is 5.78 Å². The summed E-state index contributed by atoms with van der Waals surface area (Å²) in [5, 5.41) is 17.2. The van der Waals surface area contributed by atoms with Crippen LogP contribution in [-0.2, 0) is 24.9 Å². The minimum absolute atomic E-state index is 0. The Balaban J connectivity index is 0.000000196. The summed E-state index contributed by atoms with van der Waals surface area (Å²) < 4.78 is 2.27. The molecule has 0 atom stereocenters. The first-order chi connectivity index (χ1) is 18.5. The maximum absolute atomic E-state index is 11.7. The molecule has 0 aliphatic carbocycles. The van der Waals surface area contributed by atoms with Crippen molar-refractivity contribution in [3.8, 4) is 0 Å². The molecule has 6 rings (SSSR count). The molecule has 0 bridgehead atoms. The maximum atomic E-state index is 11.7. The van der Waals surface area contributed by atoms with Crippen LogP contribution in [0.4, 0.5) is 0 Å². The fourth-order valence-electron chi connectivity index (χ4n) is 5.80. The van der Waals surface area contributed by atoms with Gasteiger partial charge in [0, 0.05) is 50.4 Å². The Labute approximate surface area is 243 Å². The molecule has 0 aliphatic rings. The SMILES string of the molecule is CCC(CC)C(=O)/C=C(\O)C(CC)CC.[Ir].[c-]1ccc2c3c1c1ncccc1c1cccc(c13)c1cccn12. The smallest absolute Gasteiger partial charge is 0.162 e. The van der Waals surface area contributed by atoms with E-state index in [1.165, 1.54) is 44.0 Å². The summed E-state index contributed by atoms with van der Waals surface area (Å²) in [5.41, 5.74) is 3.50. The monoisotopic (exact) mass is 696 g/mol. The first kappa shape index (κ1) is 28.7. The van der Waals surface area contributed by atoms with Crippen molar-refractivity contribution >= 4 is 54.7 Å². The zero-order valence-electron chi connectivity index (χ0n) is 23.0. The largest absolute Gasteiger partial charge is 0.512 e. The molecule has 0 unspecified atom stereocenters. The van der Waals surface area contributed by atoms with Crippen LogP contribution in [0.5, 0.6) is 0 Å². The second kappa shape index (κ2) is 12.3. The number of rotatable bonds is 7. The number of hydrogen-bond donors (Lipinski definition) is 1. The van der Waals surface area contributed by atoms with Crippen molar-refractivity contribution in [3.63, 3.8) is 0 Å². The normalized spacial score (nSPS) is 12.1. The fraction of sp³-hybridized carbons (Fsp3) is 0.294. The summed E-state index contributed by atoms with van der Waals surface area (Å²) in [6.07, 6.45) is 8.91. The van der Waals surface area contributed by atoms with E-state index in [-0.39, 0.29) is 43.5 Å². The number of ketones is 1. The molecule has 3 aromatic heterocycles. The summed E-state index contributed by atoms with van der Waals surface area (Å²) in [4.78, 5) is 16.4. The Morgan fingerprint density at radius 3 is 2.28 bits per heavy atom. The van der Waals surface area contributed by atoms with Gasteiger partial charge in [0.25, 0.3) is 0 Å². The molecule has 3 heterocycles. The molecule has 5 heteroatoms. The van der Waals surface area contributed by atoms with E-state index in [1.807, 2.05) is 46.0 Å². The van der Waals surface area contributed by atoms with Crippen molar-refractivity contribution in [1.29, 1.82) is 0 Å². The molecule has 6 aromatic rings. The molecule has 0 spiro atoms. The molecule has 0 aliphatic heterocycles. The standard InChI is InChI=1S/C21H11N2.C13H24O2.Ir/c1-5-13-14-8-3-11-22-21(14)16-7-2-9-18-20(16)19(13)15(6-1)17-10-4-12-23(17)18;1-5-10(6-2)12(14)9-13(15)11(7-3)8-4;/h1-6,8-12H;9-11,14H,5-8H2,1-4H3;/q-1;;/b;12-9-;. The Bertz CT molecular complexity index is 1660. The first-order valence-corrected chi connectivity index (χ1v) is 13.8. The third kappa shape index (κ3) is 5.06. The molecule has 4 nitrogen and oxygen atoms in total. The van der Waals surface area contributed by atoms with E-state index in [2.05, 4.69) is 64.1 Å². The fourth-order valence-corrected chi connectivity index (χ4v) is 5.80.